The Hall–Kier alpha value is -13.9. The van der Waals surface area contributed by atoms with Gasteiger partial charge >= 0.3 is 5.97 Å². The third-order valence-corrected chi connectivity index (χ3v) is 23.3. The number of phenols is 4. The fraction of sp³-hybridized carbons (Fsp3) is 0.489. The Morgan fingerprint density at radius 3 is 1.25 bits per heavy atom. The Bertz CT molecular complexity index is 4970. The summed E-state index contributed by atoms with van der Waals surface area (Å²) >= 11 is 8.57. The number of benzene rings is 4. The Labute approximate surface area is 799 Å². The van der Waals surface area contributed by atoms with Crippen LogP contribution in [0.25, 0.3) is 0 Å². The van der Waals surface area contributed by atoms with Crippen molar-refractivity contribution in [1.82, 2.24) is 94.2 Å². The molecule has 0 saturated carbocycles. The molecule has 0 spiro atoms. The third-order valence-electron chi connectivity index (χ3n) is 22.5. The van der Waals surface area contributed by atoms with Gasteiger partial charge in [-0.1, -0.05) is 48.5 Å². The topological polar surface area (TPSA) is 769 Å². The first-order valence-electron chi connectivity index (χ1n) is 44.5. The lowest BCUT2D eigenvalue weighted by atomic mass is 10.0. The van der Waals surface area contributed by atoms with E-state index in [9.17, 15) is 112 Å². The average Bonchev–Trinajstić information content (AvgIpc) is 1.67. The predicted octanol–water partition coefficient (Wildman–Crippen LogP) is -6.66. The Kier molecular flexibility index (Phi) is 44.4. The standard InChI is InChI=1S/C88H124N24O23S2/c1-46(98-78(125)64(40-52-41-95-45-97-52)104-73(120)57(91)36-48-12-20-53(114)21-13-48)72(119)109-67(43-136)83(130)108-66(42-113)81(128)99-47(2)85(132)111-34-6-10-69(111)84(131)103-61(30-32-90)77(124)101-59(9-5-33-96-88(93)94)74(121)105-63(38-50-16-24-55(116)25-17-50)80(127)110-68(44-137)82(129)106-62(37-49-14-22-54(115)23-15-49)79(126)102-60(28-29-71(92)118)76(123)100-58(8-3-4-31-89)75(122)107-65(39-51-18-26-56(117)27-19-51)86(133)112-35-7-11-70(112)87(134)135/h12-27,41,45-47,57-70,113-117,136-137H,3-11,28-40,42-44,89-91H2,1-2H3,(H2,92,118)(H,95,97)(H,98,125)(H,99,128)(H,100,123)(H,101,124)(H,102,126)(H,103,131)(H,104,120)(H,105,121)(H,106,129)(H,107,122)(H,108,130)(H,109,119)(H,110,127)(H,134,135)(H4,93,94,96)/t46-,47-,57-,58-,59-,60-,61-,62-,63-,64-,65-,66-,67-,68-,69-,70-/m0/s1. The highest BCUT2D eigenvalue weighted by atomic mass is 32.1. The van der Waals surface area contributed by atoms with E-state index in [0.29, 0.717) is 40.8 Å². The minimum atomic E-state index is -1.76. The van der Waals surface area contributed by atoms with Crippen molar-refractivity contribution in [2.75, 3.05) is 50.8 Å². The molecule has 16 atom stereocenters. The molecule has 3 heterocycles. The molecule has 2 fully saturated rings. The molecule has 4 aromatic carbocycles. The number of carboxylic acids is 1. The molecule has 49 heteroatoms. The van der Waals surface area contributed by atoms with Crippen LogP contribution in [0.2, 0.25) is 0 Å². The number of carbonyl (C=O) groups excluding carboxylic acids is 16. The zero-order chi connectivity index (χ0) is 101. The highest BCUT2D eigenvalue weighted by Crippen LogP contribution is 2.24. The minimum absolute atomic E-state index is 0.00325. The van der Waals surface area contributed by atoms with Gasteiger partial charge in [-0.15, -0.1) is 0 Å². The van der Waals surface area contributed by atoms with E-state index in [1.165, 1.54) is 111 Å². The number of aliphatic hydroxyl groups is 1. The van der Waals surface area contributed by atoms with Crippen LogP contribution in [0.3, 0.4) is 0 Å². The predicted molar refractivity (Wildman–Crippen MR) is 500 cm³/mol. The van der Waals surface area contributed by atoms with Crippen molar-refractivity contribution in [3.63, 3.8) is 0 Å². The second-order valence-corrected chi connectivity index (χ2v) is 33.8. The number of H-pyrrole nitrogens is 1. The molecule has 746 valence electrons. The number of hydrogen-bond acceptors (Lipinski definition) is 29. The van der Waals surface area contributed by atoms with Gasteiger partial charge in [0.15, 0.2) is 5.96 Å². The molecule has 7 rings (SSSR count). The molecular weight excluding hydrogens is 1830 g/mol. The summed E-state index contributed by atoms with van der Waals surface area (Å²) in [7, 11) is 0. The fourth-order valence-electron chi connectivity index (χ4n) is 15.0. The van der Waals surface area contributed by atoms with Gasteiger partial charge in [0.25, 0.3) is 0 Å². The molecule has 2 aliphatic rings. The number of amides is 16. The summed E-state index contributed by atoms with van der Waals surface area (Å²) in [5, 5.41) is 104. The summed E-state index contributed by atoms with van der Waals surface area (Å²) < 4.78 is 0. The maximum absolute atomic E-state index is 14.9. The molecule has 16 amide bonds. The van der Waals surface area contributed by atoms with Gasteiger partial charge in [0.05, 0.1) is 19.0 Å². The summed E-state index contributed by atoms with van der Waals surface area (Å²) in [6.07, 6.45) is 1.29. The lowest BCUT2D eigenvalue weighted by molar-refractivity contribution is -0.149. The van der Waals surface area contributed by atoms with E-state index >= 15 is 0 Å². The number of aromatic hydroxyl groups is 4. The number of nitrogens with two attached hydrogens (primary N) is 5. The fourth-order valence-corrected chi connectivity index (χ4v) is 15.5. The average molecular weight is 1950 g/mol. The number of likely N-dealkylation sites (tertiary alicyclic amines) is 2. The Morgan fingerprint density at radius 2 is 0.803 bits per heavy atom. The quantitative estimate of drug-likeness (QED) is 0.00745. The van der Waals surface area contributed by atoms with E-state index in [-0.39, 0.29) is 139 Å². The summed E-state index contributed by atoms with van der Waals surface area (Å²) in [5.74, 6) is -18.4. The van der Waals surface area contributed by atoms with E-state index in [0.717, 1.165) is 9.80 Å². The first-order chi connectivity index (χ1) is 65.2. The van der Waals surface area contributed by atoms with E-state index < -0.39 is 235 Å². The number of aliphatic carboxylic acids is 1. The van der Waals surface area contributed by atoms with Gasteiger partial charge in [-0.05, 0) is 175 Å². The van der Waals surface area contributed by atoms with Gasteiger partial charge in [0.2, 0.25) is 94.5 Å². The van der Waals surface area contributed by atoms with Crippen LogP contribution in [0.5, 0.6) is 23.0 Å². The van der Waals surface area contributed by atoms with Crippen molar-refractivity contribution in [2.24, 2.45) is 28.7 Å². The van der Waals surface area contributed by atoms with Crippen molar-refractivity contribution >= 4 is 132 Å². The SMILES string of the molecule is C[C@H](NC(=O)[C@H](Cc1cnc[nH]1)NC(=O)[C@@H](N)Cc1ccc(O)cc1)C(=O)N[C@@H](CS)C(=O)N[C@@H](CO)C(=O)N[C@@H](C)C(=O)N1CCC[C@H]1C(=O)N[C@@H](CCN)C(=O)N[C@@H](CCCNC(=N)N)C(=O)N[C@@H](Cc1ccc(O)cc1)C(=O)N[C@@H](CS)C(=O)N[C@@H](Cc1ccc(O)cc1)C(=O)N[C@@H](CCC(N)=O)C(=O)N[C@@H](CCCCN)C(=O)N[C@@H](Cc1ccc(O)cc1)C(=O)N1CCC[C@H]1C(=O)O. The highest BCUT2D eigenvalue weighted by molar-refractivity contribution is 7.80. The number of phenolic OH excluding ortho intramolecular Hbond substituents is 4. The van der Waals surface area contributed by atoms with Crippen LogP contribution in [0, 0.1) is 5.41 Å². The van der Waals surface area contributed by atoms with Crippen LogP contribution >= 0.6 is 25.3 Å². The second-order valence-electron chi connectivity index (χ2n) is 33.1. The Balaban J connectivity index is 1.02. The number of aromatic amines is 1. The van der Waals surface area contributed by atoms with E-state index in [1.54, 1.807) is 12.1 Å². The molecule has 32 N–H and O–H groups in total. The van der Waals surface area contributed by atoms with Crippen LogP contribution in [0.4, 0.5) is 0 Å². The number of nitrogens with one attached hydrogen (secondary N) is 16. The number of primary amides is 1. The number of aromatic nitrogens is 2. The van der Waals surface area contributed by atoms with E-state index in [4.69, 9.17) is 34.1 Å². The van der Waals surface area contributed by atoms with Gasteiger partial charge in [0.1, 0.15) is 114 Å². The summed E-state index contributed by atoms with van der Waals surface area (Å²) in [5.41, 5.74) is 31.3. The molecular formula is C88H124N24O23S2. The molecule has 2 saturated heterocycles. The maximum Gasteiger partial charge on any atom is 0.326 e. The number of hydrogen-bond donors (Lipinski definition) is 29. The first kappa shape index (κ1) is 110. The molecule has 0 unspecified atom stereocenters. The lowest BCUT2D eigenvalue weighted by Gasteiger charge is -2.30. The first-order valence-corrected chi connectivity index (χ1v) is 45.7. The second kappa shape index (κ2) is 55.2. The number of carboxylic acid groups (broad SMARTS) is 1. The van der Waals surface area contributed by atoms with Gasteiger partial charge in [-0.2, -0.15) is 25.3 Å². The van der Waals surface area contributed by atoms with Crippen molar-refractivity contribution in [3.05, 3.63) is 138 Å². The highest BCUT2D eigenvalue weighted by Gasteiger charge is 2.43. The van der Waals surface area contributed by atoms with Crippen molar-refractivity contribution in [2.45, 2.75) is 220 Å². The van der Waals surface area contributed by atoms with Crippen LogP contribution in [-0.4, -0.2) is 304 Å². The monoisotopic (exact) mass is 1950 g/mol. The number of rotatable bonds is 55. The number of aliphatic hydroxyl groups excluding tert-OH is 1. The van der Waals surface area contributed by atoms with Crippen LogP contribution in [-0.2, 0) is 114 Å². The van der Waals surface area contributed by atoms with Gasteiger partial charge in [0, 0.05) is 75.1 Å². The molecule has 0 radical (unpaired) electrons. The number of unbranched alkanes of at least 4 members (excludes halogenated alkanes) is 1. The largest absolute Gasteiger partial charge is 0.508 e. The molecule has 0 bridgehead atoms. The lowest BCUT2D eigenvalue weighted by Crippen LogP contribution is -2.61. The van der Waals surface area contributed by atoms with Gasteiger partial charge in [-0.3, -0.25) is 82.1 Å². The molecule has 1 aromatic heterocycles. The Morgan fingerprint density at radius 1 is 0.431 bits per heavy atom. The van der Waals surface area contributed by atoms with Crippen LogP contribution < -0.4 is 103 Å². The summed E-state index contributed by atoms with van der Waals surface area (Å²) in [4.78, 5) is 248. The summed E-state index contributed by atoms with van der Waals surface area (Å²) in [6.45, 7) is 1.34. The number of nitrogens with zero attached hydrogens (tertiary/aromatic N) is 3. The van der Waals surface area contributed by atoms with E-state index in [1.807, 2.05) is 0 Å². The molecule has 5 aromatic rings. The van der Waals surface area contributed by atoms with Gasteiger partial charge in [-0.25, -0.2) is 9.78 Å². The van der Waals surface area contributed by atoms with Crippen LogP contribution in [0.15, 0.2) is 110 Å². The number of guanidine groups is 1. The van der Waals surface area contributed by atoms with E-state index in [2.05, 4.69) is 110 Å². The minimum Gasteiger partial charge on any atom is -0.508 e. The van der Waals surface area contributed by atoms with Crippen LogP contribution in [0.1, 0.15) is 119 Å². The van der Waals surface area contributed by atoms with Crippen molar-refractivity contribution in [3.8, 4) is 23.0 Å². The van der Waals surface area contributed by atoms with Crippen molar-refractivity contribution < 1.29 is 112 Å². The third kappa shape index (κ3) is 35.4. The summed E-state index contributed by atoms with van der Waals surface area (Å²) in [6, 6.07) is -1.54. The molecule has 0 aliphatic carbocycles. The molecule has 2 aliphatic heterocycles. The maximum atomic E-state index is 14.9. The zero-order valence-corrected chi connectivity index (χ0v) is 77.3. The molecule has 137 heavy (non-hydrogen) atoms. The molecule has 47 nitrogen and oxygen atoms in total. The number of carbonyl (C=O) groups is 17. The normalized spacial score (nSPS) is 16.4. The zero-order valence-electron chi connectivity index (χ0n) is 75.6. The van der Waals surface area contributed by atoms with Crippen molar-refractivity contribution in [1.29, 1.82) is 5.41 Å². The van der Waals surface area contributed by atoms with Gasteiger partial charge < -0.3 is 149 Å². The smallest absolute Gasteiger partial charge is 0.326 e. The number of imidazole rings is 1. The number of thiol groups is 2.